The Bertz CT molecular complexity index is 72.1. The van der Waals surface area contributed by atoms with Crippen LogP contribution in [0.25, 0.3) is 0 Å². The van der Waals surface area contributed by atoms with E-state index in [0.717, 1.165) is 5.92 Å². The fraction of sp³-hybridized carbons (Fsp3) is 0.900. The Hall–Kier alpha value is 0. The maximum absolute atomic E-state index is 2.54. The molecule has 0 bridgehead atoms. The third kappa shape index (κ3) is 2.72. The molecule has 10 heavy (non-hydrogen) atoms. The first-order valence-corrected chi connectivity index (χ1v) is 4.77. The van der Waals surface area contributed by atoms with E-state index in [1.807, 2.05) is 0 Å². The number of unbranched alkanes of at least 4 members (excludes halogenated alkanes) is 3. The van der Waals surface area contributed by atoms with Crippen LogP contribution in [0, 0.1) is 12.3 Å². The lowest BCUT2D eigenvalue weighted by molar-refractivity contribution is 0.351. The van der Waals surface area contributed by atoms with Crippen LogP contribution in [0.2, 0.25) is 0 Å². The molecule has 1 rings (SSSR count). The zero-order valence-corrected chi connectivity index (χ0v) is 7.10. The molecule has 0 heteroatoms. The average Bonchev–Trinajstić information content (AvgIpc) is 1.84. The zero-order chi connectivity index (χ0) is 7.23. The van der Waals surface area contributed by atoms with Crippen molar-refractivity contribution in [1.29, 1.82) is 0 Å². The minimum Gasteiger partial charge on any atom is -0.0654 e. The summed E-state index contributed by atoms with van der Waals surface area (Å²) in [4.78, 5) is 0. The third-order valence-corrected chi connectivity index (χ3v) is 2.46. The molecule has 59 valence electrons. The van der Waals surface area contributed by atoms with Crippen LogP contribution in [0.15, 0.2) is 0 Å². The van der Waals surface area contributed by atoms with Gasteiger partial charge in [-0.2, -0.15) is 0 Å². The van der Waals surface area contributed by atoms with Crippen LogP contribution in [0.5, 0.6) is 0 Å². The van der Waals surface area contributed by atoms with Crippen LogP contribution in [-0.2, 0) is 0 Å². The summed E-state index contributed by atoms with van der Waals surface area (Å²) >= 11 is 0. The molecule has 0 saturated heterocycles. The van der Waals surface area contributed by atoms with Crippen molar-refractivity contribution >= 4 is 0 Å². The van der Waals surface area contributed by atoms with Gasteiger partial charge < -0.3 is 0 Å². The van der Waals surface area contributed by atoms with E-state index in [0.29, 0.717) is 0 Å². The molecule has 1 aliphatic carbocycles. The lowest BCUT2D eigenvalue weighted by Crippen LogP contribution is -2.10. The second kappa shape index (κ2) is 4.76. The maximum Gasteiger partial charge on any atom is -0.0355 e. The monoisotopic (exact) mass is 139 g/mol. The Morgan fingerprint density at radius 3 is 2.60 bits per heavy atom. The summed E-state index contributed by atoms with van der Waals surface area (Å²) < 4.78 is 0. The molecule has 0 unspecified atom stereocenters. The Labute approximate surface area is 65.0 Å². The molecule has 0 heterocycles. The van der Waals surface area contributed by atoms with Crippen molar-refractivity contribution in [2.24, 2.45) is 5.92 Å². The van der Waals surface area contributed by atoms with E-state index in [2.05, 4.69) is 13.3 Å². The number of rotatable bonds is 5. The normalized spacial score (nSPS) is 18.9. The molecule has 0 atom stereocenters. The standard InChI is InChI=1S/C10H19/c1-2-3-4-5-7-10-8-6-9-10/h7,10H,2-6,8-9H2,1H3. The van der Waals surface area contributed by atoms with Gasteiger partial charge in [0.1, 0.15) is 0 Å². The van der Waals surface area contributed by atoms with E-state index >= 15 is 0 Å². The minimum atomic E-state index is 1.01. The fourth-order valence-electron chi connectivity index (χ4n) is 1.42. The van der Waals surface area contributed by atoms with Crippen molar-refractivity contribution < 1.29 is 0 Å². The highest BCUT2D eigenvalue weighted by Gasteiger charge is 2.16. The molecule has 0 aliphatic heterocycles. The summed E-state index contributed by atoms with van der Waals surface area (Å²) in [5.74, 6) is 1.01. The number of hydrogen-bond acceptors (Lipinski definition) is 0. The summed E-state index contributed by atoms with van der Waals surface area (Å²) in [5.41, 5.74) is 0. The highest BCUT2D eigenvalue weighted by atomic mass is 14.2. The summed E-state index contributed by atoms with van der Waals surface area (Å²) in [7, 11) is 0. The SMILES string of the molecule is CCCCC[CH]C1CCC1. The smallest absolute Gasteiger partial charge is 0.0355 e. The zero-order valence-electron chi connectivity index (χ0n) is 7.10. The lowest BCUT2D eigenvalue weighted by Gasteiger charge is -2.24. The van der Waals surface area contributed by atoms with Gasteiger partial charge in [0.15, 0.2) is 0 Å². The highest BCUT2D eigenvalue weighted by molar-refractivity contribution is 4.82. The minimum absolute atomic E-state index is 1.01. The highest BCUT2D eigenvalue weighted by Crippen LogP contribution is 2.30. The van der Waals surface area contributed by atoms with Gasteiger partial charge in [-0.05, 0) is 18.8 Å². The van der Waals surface area contributed by atoms with Gasteiger partial charge in [-0.1, -0.05) is 45.4 Å². The summed E-state index contributed by atoms with van der Waals surface area (Å²) in [6.45, 7) is 2.27. The lowest BCUT2D eigenvalue weighted by atomic mass is 9.82. The van der Waals surface area contributed by atoms with Crippen molar-refractivity contribution in [3.05, 3.63) is 6.42 Å². The van der Waals surface area contributed by atoms with E-state index < -0.39 is 0 Å². The van der Waals surface area contributed by atoms with Gasteiger partial charge in [-0.25, -0.2) is 0 Å². The van der Waals surface area contributed by atoms with E-state index in [-0.39, 0.29) is 0 Å². The van der Waals surface area contributed by atoms with Crippen LogP contribution >= 0.6 is 0 Å². The second-order valence-corrected chi connectivity index (χ2v) is 3.42. The van der Waals surface area contributed by atoms with E-state index in [4.69, 9.17) is 0 Å². The maximum atomic E-state index is 2.54. The van der Waals surface area contributed by atoms with Gasteiger partial charge in [-0.15, -0.1) is 0 Å². The first-order valence-electron chi connectivity index (χ1n) is 4.77. The summed E-state index contributed by atoms with van der Waals surface area (Å²) in [6, 6.07) is 0. The largest absolute Gasteiger partial charge is 0.0654 e. The van der Waals surface area contributed by atoms with Gasteiger partial charge in [0, 0.05) is 0 Å². The first-order chi connectivity index (χ1) is 4.93. The Morgan fingerprint density at radius 2 is 2.10 bits per heavy atom. The van der Waals surface area contributed by atoms with Crippen molar-refractivity contribution in [3.8, 4) is 0 Å². The van der Waals surface area contributed by atoms with Crippen LogP contribution < -0.4 is 0 Å². The molecule has 1 fully saturated rings. The Kier molecular flexibility index (Phi) is 3.86. The summed E-state index contributed by atoms with van der Waals surface area (Å²) in [6.07, 6.45) is 12.6. The van der Waals surface area contributed by atoms with E-state index in [1.165, 1.54) is 44.9 Å². The van der Waals surface area contributed by atoms with Crippen LogP contribution in [0.1, 0.15) is 51.9 Å². The molecule has 1 radical (unpaired) electrons. The van der Waals surface area contributed by atoms with Crippen molar-refractivity contribution in [2.75, 3.05) is 0 Å². The van der Waals surface area contributed by atoms with Crippen LogP contribution in [0.3, 0.4) is 0 Å². The van der Waals surface area contributed by atoms with Crippen molar-refractivity contribution in [1.82, 2.24) is 0 Å². The Morgan fingerprint density at radius 1 is 1.30 bits per heavy atom. The Balaban J connectivity index is 1.76. The first kappa shape index (κ1) is 8.10. The topological polar surface area (TPSA) is 0 Å². The summed E-state index contributed by atoms with van der Waals surface area (Å²) in [5, 5.41) is 0. The number of hydrogen-bond donors (Lipinski definition) is 0. The second-order valence-electron chi connectivity index (χ2n) is 3.42. The van der Waals surface area contributed by atoms with Crippen molar-refractivity contribution in [3.63, 3.8) is 0 Å². The van der Waals surface area contributed by atoms with Crippen molar-refractivity contribution in [2.45, 2.75) is 51.9 Å². The van der Waals surface area contributed by atoms with Gasteiger partial charge in [0.25, 0.3) is 0 Å². The molecule has 0 N–H and O–H groups in total. The average molecular weight is 139 g/mol. The third-order valence-electron chi connectivity index (χ3n) is 2.46. The molecule has 1 saturated carbocycles. The molecule has 0 aromatic heterocycles. The molecule has 1 aliphatic rings. The van der Waals surface area contributed by atoms with Crippen LogP contribution in [0.4, 0.5) is 0 Å². The van der Waals surface area contributed by atoms with Gasteiger partial charge in [-0.3, -0.25) is 0 Å². The van der Waals surface area contributed by atoms with E-state index in [9.17, 15) is 0 Å². The molecular formula is C10H19. The molecule has 0 spiro atoms. The van der Waals surface area contributed by atoms with Gasteiger partial charge in [0.05, 0.1) is 0 Å². The molecule has 0 aromatic carbocycles. The van der Waals surface area contributed by atoms with Gasteiger partial charge >= 0.3 is 0 Å². The molecule has 0 aromatic rings. The predicted octanol–water partition coefficient (Wildman–Crippen LogP) is 3.57. The van der Waals surface area contributed by atoms with E-state index in [1.54, 1.807) is 0 Å². The molecule has 0 nitrogen and oxygen atoms in total. The molecular weight excluding hydrogens is 120 g/mol. The van der Waals surface area contributed by atoms with Crippen LogP contribution in [-0.4, -0.2) is 0 Å². The predicted molar refractivity (Wildman–Crippen MR) is 45.8 cm³/mol. The fourth-order valence-corrected chi connectivity index (χ4v) is 1.42. The van der Waals surface area contributed by atoms with Gasteiger partial charge in [0.2, 0.25) is 0 Å². The quantitative estimate of drug-likeness (QED) is 0.511. The molecule has 0 amide bonds.